The fourth-order valence-corrected chi connectivity index (χ4v) is 1.67. The van der Waals surface area contributed by atoms with Crippen molar-refractivity contribution in [1.82, 2.24) is 15.0 Å². The van der Waals surface area contributed by atoms with E-state index < -0.39 is 11.6 Å². The molecule has 0 unspecified atom stereocenters. The first-order valence-electron chi connectivity index (χ1n) is 6.20. The summed E-state index contributed by atoms with van der Waals surface area (Å²) in [7, 11) is 0. The van der Waals surface area contributed by atoms with E-state index in [1.807, 2.05) is 13.8 Å². The van der Waals surface area contributed by atoms with Crippen LogP contribution in [0.4, 0.5) is 14.7 Å². The first-order chi connectivity index (χ1) is 9.94. The first kappa shape index (κ1) is 15.4. The van der Waals surface area contributed by atoms with Crippen LogP contribution in [0.2, 0.25) is 5.28 Å². The molecule has 0 aliphatic heterocycles. The van der Waals surface area contributed by atoms with E-state index in [4.69, 9.17) is 16.3 Å². The standard InChI is InChI=1S/C13H13ClF2N4O/c1-7(2)21-13-19-11(14)18-12(20-13)17-6-8-3-4-9(15)5-10(8)16/h3-5,7H,6H2,1-2H3,(H,17,18,19,20). The molecule has 2 aromatic rings. The molecule has 1 aromatic carbocycles. The SMILES string of the molecule is CC(C)Oc1nc(Cl)nc(NCc2ccc(F)cc2F)n1. The van der Waals surface area contributed by atoms with Gasteiger partial charge in [-0.3, -0.25) is 0 Å². The van der Waals surface area contributed by atoms with Gasteiger partial charge >= 0.3 is 6.01 Å². The molecule has 1 aromatic heterocycles. The molecule has 0 spiro atoms. The summed E-state index contributed by atoms with van der Waals surface area (Å²) in [5, 5.41) is 2.75. The van der Waals surface area contributed by atoms with Gasteiger partial charge in [0.1, 0.15) is 11.6 Å². The molecule has 21 heavy (non-hydrogen) atoms. The molecule has 1 N–H and O–H groups in total. The van der Waals surface area contributed by atoms with Gasteiger partial charge in [-0.05, 0) is 31.5 Å². The summed E-state index contributed by atoms with van der Waals surface area (Å²) < 4.78 is 31.6. The van der Waals surface area contributed by atoms with E-state index in [1.54, 1.807) is 0 Å². The maximum Gasteiger partial charge on any atom is 0.322 e. The Labute approximate surface area is 125 Å². The fourth-order valence-electron chi connectivity index (χ4n) is 1.51. The smallest absolute Gasteiger partial charge is 0.322 e. The zero-order valence-electron chi connectivity index (χ0n) is 11.4. The number of aromatic nitrogens is 3. The largest absolute Gasteiger partial charge is 0.461 e. The van der Waals surface area contributed by atoms with Gasteiger partial charge in [0.25, 0.3) is 0 Å². The van der Waals surface area contributed by atoms with Crippen LogP contribution in [0, 0.1) is 11.6 Å². The summed E-state index contributed by atoms with van der Waals surface area (Å²) in [6.07, 6.45) is -0.120. The van der Waals surface area contributed by atoms with Gasteiger partial charge in [0.15, 0.2) is 0 Å². The lowest BCUT2D eigenvalue weighted by atomic mass is 10.2. The van der Waals surface area contributed by atoms with E-state index in [0.29, 0.717) is 0 Å². The average molecular weight is 315 g/mol. The number of benzene rings is 1. The third-order valence-electron chi connectivity index (χ3n) is 2.38. The number of ether oxygens (including phenoxy) is 1. The molecule has 0 radical (unpaired) electrons. The van der Waals surface area contributed by atoms with Crippen molar-refractivity contribution in [2.45, 2.75) is 26.5 Å². The Morgan fingerprint density at radius 2 is 2.00 bits per heavy atom. The number of anilines is 1. The van der Waals surface area contributed by atoms with Crippen LogP contribution in [-0.2, 0) is 6.54 Å². The molecule has 0 bridgehead atoms. The number of nitrogens with zero attached hydrogens (tertiary/aromatic N) is 3. The van der Waals surface area contributed by atoms with Crippen molar-refractivity contribution >= 4 is 17.5 Å². The van der Waals surface area contributed by atoms with Gasteiger partial charge < -0.3 is 10.1 Å². The zero-order chi connectivity index (χ0) is 15.4. The van der Waals surface area contributed by atoms with Crippen LogP contribution in [0.15, 0.2) is 18.2 Å². The summed E-state index contributed by atoms with van der Waals surface area (Å²) >= 11 is 5.76. The molecule has 0 saturated heterocycles. The second-order valence-electron chi connectivity index (χ2n) is 4.47. The molecule has 0 atom stereocenters. The highest BCUT2D eigenvalue weighted by atomic mass is 35.5. The topological polar surface area (TPSA) is 59.9 Å². The highest BCUT2D eigenvalue weighted by Gasteiger charge is 2.09. The van der Waals surface area contributed by atoms with E-state index in [-0.39, 0.29) is 35.5 Å². The lowest BCUT2D eigenvalue weighted by molar-refractivity contribution is 0.222. The third-order valence-corrected chi connectivity index (χ3v) is 2.55. The maximum absolute atomic E-state index is 13.5. The Hall–Kier alpha value is -2.02. The molecule has 0 saturated carbocycles. The molecule has 0 aliphatic carbocycles. The van der Waals surface area contributed by atoms with Crippen LogP contribution in [-0.4, -0.2) is 21.1 Å². The molecule has 112 valence electrons. The van der Waals surface area contributed by atoms with Crippen molar-refractivity contribution in [2.24, 2.45) is 0 Å². The van der Waals surface area contributed by atoms with Crippen molar-refractivity contribution in [3.05, 3.63) is 40.7 Å². The predicted octanol–water partition coefficient (Wildman–Crippen LogP) is 3.20. The van der Waals surface area contributed by atoms with Crippen LogP contribution >= 0.6 is 11.6 Å². The van der Waals surface area contributed by atoms with Gasteiger partial charge in [0, 0.05) is 18.2 Å². The van der Waals surface area contributed by atoms with Crippen LogP contribution in [0.3, 0.4) is 0 Å². The van der Waals surface area contributed by atoms with E-state index in [2.05, 4.69) is 20.3 Å². The predicted molar refractivity (Wildman–Crippen MR) is 74.3 cm³/mol. The van der Waals surface area contributed by atoms with Crippen molar-refractivity contribution in [3.8, 4) is 6.01 Å². The zero-order valence-corrected chi connectivity index (χ0v) is 12.2. The summed E-state index contributed by atoms with van der Waals surface area (Å²) in [4.78, 5) is 11.7. The van der Waals surface area contributed by atoms with Gasteiger partial charge in [-0.25, -0.2) is 8.78 Å². The highest BCUT2D eigenvalue weighted by Crippen LogP contribution is 2.15. The molecule has 8 heteroatoms. The van der Waals surface area contributed by atoms with Crippen LogP contribution < -0.4 is 10.1 Å². The summed E-state index contributed by atoms with van der Waals surface area (Å²) in [5.74, 6) is -1.14. The second kappa shape index (κ2) is 6.62. The Kier molecular flexibility index (Phi) is 4.85. The Morgan fingerprint density at radius 1 is 1.24 bits per heavy atom. The van der Waals surface area contributed by atoms with E-state index in [1.165, 1.54) is 12.1 Å². The minimum absolute atomic E-state index is 0.0391. The fraction of sp³-hybridized carbons (Fsp3) is 0.308. The van der Waals surface area contributed by atoms with E-state index in [9.17, 15) is 8.78 Å². The molecule has 2 rings (SSSR count). The maximum atomic E-state index is 13.5. The number of halogens is 3. The summed E-state index contributed by atoms with van der Waals surface area (Å²) in [5.41, 5.74) is 0.277. The van der Waals surface area contributed by atoms with Gasteiger partial charge in [-0.2, -0.15) is 15.0 Å². The average Bonchev–Trinajstić information content (AvgIpc) is 2.36. The minimum atomic E-state index is -0.652. The van der Waals surface area contributed by atoms with E-state index >= 15 is 0 Å². The Bertz CT molecular complexity index is 640. The first-order valence-corrected chi connectivity index (χ1v) is 6.58. The third kappa shape index (κ3) is 4.49. The van der Waals surface area contributed by atoms with Gasteiger partial charge in [-0.15, -0.1) is 0 Å². The van der Waals surface area contributed by atoms with Crippen molar-refractivity contribution in [2.75, 3.05) is 5.32 Å². The number of rotatable bonds is 5. The van der Waals surface area contributed by atoms with Crippen LogP contribution in [0.5, 0.6) is 6.01 Å². The molecule has 1 heterocycles. The van der Waals surface area contributed by atoms with Gasteiger partial charge in [-0.1, -0.05) is 6.07 Å². The monoisotopic (exact) mass is 314 g/mol. The molecular weight excluding hydrogens is 302 g/mol. The van der Waals surface area contributed by atoms with Gasteiger partial charge in [0.2, 0.25) is 11.2 Å². The molecule has 0 aliphatic rings. The highest BCUT2D eigenvalue weighted by molar-refractivity contribution is 6.28. The lowest BCUT2D eigenvalue weighted by Gasteiger charge is -2.10. The van der Waals surface area contributed by atoms with Crippen LogP contribution in [0.1, 0.15) is 19.4 Å². The normalized spacial score (nSPS) is 10.8. The number of nitrogens with one attached hydrogen (secondary N) is 1. The molecule has 0 amide bonds. The van der Waals surface area contributed by atoms with Crippen molar-refractivity contribution in [3.63, 3.8) is 0 Å². The number of hydrogen-bond acceptors (Lipinski definition) is 5. The van der Waals surface area contributed by atoms with Crippen molar-refractivity contribution in [1.29, 1.82) is 0 Å². The second-order valence-corrected chi connectivity index (χ2v) is 4.80. The van der Waals surface area contributed by atoms with Crippen LogP contribution in [0.25, 0.3) is 0 Å². The lowest BCUT2D eigenvalue weighted by Crippen LogP contribution is -2.12. The number of hydrogen-bond donors (Lipinski definition) is 1. The quantitative estimate of drug-likeness (QED) is 0.918. The van der Waals surface area contributed by atoms with Crippen molar-refractivity contribution < 1.29 is 13.5 Å². The Balaban J connectivity index is 2.10. The molecule has 5 nitrogen and oxygen atoms in total. The van der Waals surface area contributed by atoms with Gasteiger partial charge in [0.05, 0.1) is 6.10 Å². The summed E-state index contributed by atoms with van der Waals surface area (Å²) in [6, 6.07) is 3.40. The molecule has 0 fully saturated rings. The molecular formula is C13H13ClF2N4O. The summed E-state index contributed by atoms with van der Waals surface area (Å²) in [6.45, 7) is 3.71. The van der Waals surface area contributed by atoms with E-state index in [0.717, 1.165) is 6.07 Å². The minimum Gasteiger partial charge on any atom is -0.461 e. The Morgan fingerprint density at radius 3 is 2.67 bits per heavy atom.